The molecule has 0 aliphatic heterocycles. The molecule has 1 aromatic heterocycles. The molecule has 1 aromatic rings. The van der Waals surface area contributed by atoms with Gasteiger partial charge in [0.1, 0.15) is 0 Å². The van der Waals surface area contributed by atoms with E-state index in [-0.39, 0.29) is 5.41 Å². The number of hydrogen-bond acceptors (Lipinski definition) is 2. The Kier molecular flexibility index (Phi) is 4.33. The number of ether oxygens (including phenoxy) is 1. The minimum absolute atomic E-state index is 0.0920. The third kappa shape index (κ3) is 2.74. The topological polar surface area (TPSA) is 29.9 Å². The van der Waals surface area contributed by atoms with Crippen LogP contribution in [0.2, 0.25) is 0 Å². The second-order valence-corrected chi connectivity index (χ2v) is 5.50. The summed E-state index contributed by atoms with van der Waals surface area (Å²) in [6, 6.07) is 0.318. The Hall–Kier alpha value is -0.610. The van der Waals surface area contributed by atoms with E-state index < -0.39 is 0 Å². The lowest BCUT2D eigenvalue weighted by Gasteiger charge is -2.25. The standard InChI is InChI=1S/C12H22N2OS/c1-6-9(8-15-5)14-10(12(2,3)4)7-13-11(14)16/h7,9H,6,8H2,1-5H3,(H,13,16). The molecule has 1 heterocycles. The number of methoxy groups -OCH3 is 1. The third-order valence-electron chi connectivity index (χ3n) is 2.77. The Morgan fingerprint density at radius 2 is 2.12 bits per heavy atom. The van der Waals surface area contributed by atoms with Gasteiger partial charge < -0.3 is 14.3 Å². The van der Waals surface area contributed by atoms with Gasteiger partial charge in [0.05, 0.1) is 12.6 Å². The molecule has 0 radical (unpaired) electrons. The number of imidazole rings is 1. The van der Waals surface area contributed by atoms with Crippen LogP contribution in [0, 0.1) is 4.77 Å². The van der Waals surface area contributed by atoms with E-state index in [4.69, 9.17) is 17.0 Å². The van der Waals surface area contributed by atoms with Gasteiger partial charge in [-0.15, -0.1) is 0 Å². The number of aromatic amines is 1. The predicted molar refractivity (Wildman–Crippen MR) is 69.5 cm³/mol. The van der Waals surface area contributed by atoms with Gasteiger partial charge in [0.2, 0.25) is 0 Å². The maximum atomic E-state index is 5.35. The van der Waals surface area contributed by atoms with Crippen molar-refractivity contribution in [3.63, 3.8) is 0 Å². The molecule has 4 heteroatoms. The summed E-state index contributed by atoms with van der Waals surface area (Å²) in [5.74, 6) is 0. The van der Waals surface area contributed by atoms with E-state index >= 15 is 0 Å². The maximum absolute atomic E-state index is 5.35. The van der Waals surface area contributed by atoms with E-state index in [1.54, 1.807) is 7.11 Å². The van der Waals surface area contributed by atoms with Crippen LogP contribution < -0.4 is 0 Å². The highest BCUT2D eigenvalue weighted by molar-refractivity contribution is 7.71. The van der Waals surface area contributed by atoms with Crippen LogP contribution >= 0.6 is 12.2 Å². The van der Waals surface area contributed by atoms with Gasteiger partial charge in [-0.25, -0.2) is 0 Å². The van der Waals surface area contributed by atoms with Gasteiger partial charge in [0.25, 0.3) is 0 Å². The Bertz CT molecular complexity index is 386. The molecule has 1 rings (SSSR count). The number of rotatable bonds is 4. The molecular formula is C12H22N2OS. The average Bonchev–Trinajstić information content (AvgIpc) is 2.56. The molecule has 0 amide bonds. The lowest BCUT2D eigenvalue weighted by molar-refractivity contribution is 0.149. The second-order valence-electron chi connectivity index (χ2n) is 5.12. The smallest absolute Gasteiger partial charge is 0.177 e. The van der Waals surface area contributed by atoms with Gasteiger partial charge in [-0.05, 0) is 18.6 Å². The van der Waals surface area contributed by atoms with E-state index in [1.807, 2.05) is 6.20 Å². The number of nitrogens with one attached hydrogen (secondary N) is 1. The van der Waals surface area contributed by atoms with Crippen molar-refractivity contribution in [2.75, 3.05) is 13.7 Å². The molecule has 0 saturated carbocycles. The molecular weight excluding hydrogens is 220 g/mol. The van der Waals surface area contributed by atoms with E-state index in [0.717, 1.165) is 11.2 Å². The molecule has 0 spiro atoms. The fourth-order valence-electron chi connectivity index (χ4n) is 1.89. The first-order chi connectivity index (χ1) is 7.41. The zero-order valence-corrected chi connectivity index (χ0v) is 11.6. The summed E-state index contributed by atoms with van der Waals surface area (Å²) in [6.07, 6.45) is 3.03. The van der Waals surface area contributed by atoms with Crippen molar-refractivity contribution in [2.45, 2.75) is 45.6 Å². The molecule has 0 fully saturated rings. The summed E-state index contributed by atoms with van der Waals surface area (Å²) in [7, 11) is 1.73. The van der Waals surface area contributed by atoms with E-state index in [1.165, 1.54) is 5.69 Å². The van der Waals surface area contributed by atoms with Crippen molar-refractivity contribution in [3.05, 3.63) is 16.7 Å². The normalized spacial score (nSPS) is 14.1. The number of hydrogen-bond donors (Lipinski definition) is 1. The minimum Gasteiger partial charge on any atom is -0.383 e. The van der Waals surface area contributed by atoms with Crippen LogP contribution in [0.5, 0.6) is 0 Å². The highest BCUT2D eigenvalue weighted by Gasteiger charge is 2.22. The van der Waals surface area contributed by atoms with Crippen LogP contribution in [0.3, 0.4) is 0 Å². The molecule has 0 saturated heterocycles. The Morgan fingerprint density at radius 3 is 2.56 bits per heavy atom. The molecule has 3 nitrogen and oxygen atoms in total. The van der Waals surface area contributed by atoms with Crippen molar-refractivity contribution in [3.8, 4) is 0 Å². The summed E-state index contributed by atoms with van der Waals surface area (Å²) >= 11 is 5.35. The molecule has 0 aliphatic rings. The van der Waals surface area contributed by atoms with Crippen LogP contribution in [0.1, 0.15) is 45.9 Å². The van der Waals surface area contributed by atoms with Crippen LogP contribution in [0.15, 0.2) is 6.20 Å². The first kappa shape index (κ1) is 13.5. The molecule has 92 valence electrons. The fourth-order valence-corrected chi connectivity index (χ4v) is 2.19. The number of nitrogens with zero attached hydrogens (tertiary/aromatic N) is 1. The van der Waals surface area contributed by atoms with Gasteiger partial charge in [0.15, 0.2) is 4.77 Å². The molecule has 1 unspecified atom stereocenters. The SMILES string of the molecule is CCC(COC)n1c(C(C)(C)C)c[nH]c1=S. The van der Waals surface area contributed by atoms with E-state index in [2.05, 4.69) is 37.2 Å². The molecule has 1 atom stereocenters. The molecule has 1 N–H and O–H groups in total. The molecule has 0 aliphatic carbocycles. The zero-order chi connectivity index (χ0) is 12.3. The maximum Gasteiger partial charge on any atom is 0.177 e. The summed E-state index contributed by atoms with van der Waals surface area (Å²) in [5, 5.41) is 0. The zero-order valence-electron chi connectivity index (χ0n) is 10.8. The Morgan fingerprint density at radius 1 is 1.50 bits per heavy atom. The van der Waals surface area contributed by atoms with Crippen LogP contribution in [-0.2, 0) is 10.2 Å². The monoisotopic (exact) mass is 242 g/mol. The first-order valence-electron chi connectivity index (χ1n) is 5.71. The van der Waals surface area contributed by atoms with Crippen LogP contribution in [-0.4, -0.2) is 23.3 Å². The largest absolute Gasteiger partial charge is 0.383 e. The van der Waals surface area contributed by atoms with Crippen molar-refractivity contribution in [1.29, 1.82) is 0 Å². The van der Waals surface area contributed by atoms with Crippen molar-refractivity contribution >= 4 is 12.2 Å². The highest BCUT2D eigenvalue weighted by Crippen LogP contribution is 2.26. The molecule has 0 bridgehead atoms. The lowest BCUT2D eigenvalue weighted by Crippen LogP contribution is -2.23. The average molecular weight is 242 g/mol. The Balaban J connectivity index is 3.20. The summed E-state index contributed by atoms with van der Waals surface area (Å²) in [4.78, 5) is 3.14. The number of H-pyrrole nitrogens is 1. The van der Waals surface area contributed by atoms with Crippen LogP contribution in [0.25, 0.3) is 0 Å². The third-order valence-corrected chi connectivity index (χ3v) is 3.09. The summed E-state index contributed by atoms with van der Waals surface area (Å²) in [5.41, 5.74) is 1.33. The second kappa shape index (κ2) is 5.15. The quantitative estimate of drug-likeness (QED) is 0.820. The van der Waals surface area contributed by atoms with Gasteiger partial charge in [-0.3, -0.25) is 0 Å². The van der Waals surface area contributed by atoms with Gasteiger partial charge in [-0.1, -0.05) is 27.7 Å². The first-order valence-corrected chi connectivity index (χ1v) is 6.12. The fraction of sp³-hybridized carbons (Fsp3) is 0.750. The number of aromatic nitrogens is 2. The van der Waals surface area contributed by atoms with Gasteiger partial charge in [0, 0.05) is 24.4 Å². The van der Waals surface area contributed by atoms with Crippen molar-refractivity contribution in [1.82, 2.24) is 9.55 Å². The van der Waals surface area contributed by atoms with Crippen LogP contribution in [0.4, 0.5) is 0 Å². The Labute approximate surface area is 103 Å². The van der Waals surface area contributed by atoms with Crippen molar-refractivity contribution < 1.29 is 4.74 Å². The lowest BCUT2D eigenvalue weighted by atomic mass is 9.92. The van der Waals surface area contributed by atoms with Gasteiger partial charge in [-0.2, -0.15) is 0 Å². The summed E-state index contributed by atoms with van der Waals surface area (Å²) < 4.78 is 8.24. The minimum atomic E-state index is 0.0920. The predicted octanol–water partition coefficient (Wildman–Crippen LogP) is 3.44. The van der Waals surface area contributed by atoms with E-state index in [9.17, 15) is 0 Å². The molecule has 16 heavy (non-hydrogen) atoms. The highest BCUT2D eigenvalue weighted by atomic mass is 32.1. The molecule has 0 aromatic carbocycles. The van der Waals surface area contributed by atoms with Gasteiger partial charge >= 0.3 is 0 Å². The van der Waals surface area contributed by atoms with E-state index in [0.29, 0.717) is 12.6 Å². The summed E-state index contributed by atoms with van der Waals surface area (Å²) in [6.45, 7) is 9.44. The van der Waals surface area contributed by atoms with Crippen molar-refractivity contribution in [2.24, 2.45) is 0 Å².